The maximum atomic E-state index is 13.5. The Bertz CT molecular complexity index is 1890. The smallest absolute Gasteiger partial charge is 0.330 e. The molecule has 6 atom stereocenters. The molecule has 3 aromatic rings. The fraction of sp³-hybridized carbons (Fsp3) is 0.429. The van der Waals surface area contributed by atoms with Gasteiger partial charge in [-0.1, -0.05) is 6.08 Å². The molecule has 0 amide bonds. The number of esters is 2. The fourth-order valence-corrected chi connectivity index (χ4v) is 7.09. The number of aromatic nitrogens is 2. The lowest BCUT2D eigenvalue weighted by molar-refractivity contribution is -0.149. The molecular formula is C35H38N2O12. The second-order valence-corrected chi connectivity index (χ2v) is 12.0. The molecule has 2 aromatic carbocycles. The number of cyclic esters (lactones) is 1. The summed E-state index contributed by atoms with van der Waals surface area (Å²) in [6, 6.07) is 7.30. The Balaban J connectivity index is 1.30. The molecule has 14 heteroatoms. The standard InChI is InChI=1S/C35H38N2O12/c1-17-14-37(35(41)36-33(17)39)28-8-7-19(49-28)15-47-29(38)13-21-20-11-24(42-2)25(43-3)12-22(20)30(31-23(21)16-48-34(31)40)18-9-26(44-4)32(46-6)27(10-18)45-5/h7-12,14,19,21,23,28,30-31H,13,15-16H2,1-6H3,(H,36,39,41)/t19-,21+,23+,28+,30+,31-/m0/s1. The van der Waals surface area contributed by atoms with Crippen LogP contribution in [0.4, 0.5) is 0 Å². The summed E-state index contributed by atoms with van der Waals surface area (Å²) in [6.45, 7) is 1.59. The van der Waals surface area contributed by atoms with E-state index in [1.807, 2.05) is 24.3 Å². The van der Waals surface area contributed by atoms with Crippen molar-refractivity contribution in [2.75, 3.05) is 48.8 Å². The van der Waals surface area contributed by atoms with Crippen LogP contribution in [-0.4, -0.2) is 76.4 Å². The maximum Gasteiger partial charge on any atom is 0.330 e. The van der Waals surface area contributed by atoms with Gasteiger partial charge in [0.25, 0.3) is 5.56 Å². The van der Waals surface area contributed by atoms with Gasteiger partial charge in [-0.3, -0.25) is 23.9 Å². The zero-order valence-electron chi connectivity index (χ0n) is 28.0. The van der Waals surface area contributed by atoms with Gasteiger partial charge in [0.1, 0.15) is 12.7 Å². The van der Waals surface area contributed by atoms with E-state index in [1.54, 1.807) is 19.1 Å². The number of hydrogen-bond donors (Lipinski definition) is 1. The number of ether oxygens (including phenoxy) is 8. The highest BCUT2D eigenvalue weighted by molar-refractivity contribution is 5.80. The summed E-state index contributed by atoms with van der Waals surface area (Å²) in [5.41, 5.74) is 1.55. The lowest BCUT2D eigenvalue weighted by atomic mass is 9.62. The molecule has 260 valence electrons. The third-order valence-electron chi connectivity index (χ3n) is 9.42. The number of carbonyl (C=O) groups is 2. The largest absolute Gasteiger partial charge is 0.493 e. The van der Waals surface area contributed by atoms with E-state index < -0.39 is 47.3 Å². The molecule has 3 heterocycles. The highest BCUT2D eigenvalue weighted by Crippen LogP contribution is 2.56. The molecule has 2 aliphatic heterocycles. The van der Waals surface area contributed by atoms with Gasteiger partial charge in [0.05, 0.1) is 54.5 Å². The van der Waals surface area contributed by atoms with Crippen molar-refractivity contribution in [1.82, 2.24) is 9.55 Å². The van der Waals surface area contributed by atoms with Crippen LogP contribution in [0.25, 0.3) is 0 Å². The van der Waals surface area contributed by atoms with E-state index in [4.69, 9.17) is 37.9 Å². The second kappa shape index (κ2) is 13.7. The summed E-state index contributed by atoms with van der Waals surface area (Å²) in [5.74, 6) is -0.690. The zero-order valence-corrected chi connectivity index (χ0v) is 28.0. The van der Waals surface area contributed by atoms with Crippen LogP contribution in [0.15, 0.2) is 52.2 Å². The van der Waals surface area contributed by atoms with E-state index in [9.17, 15) is 19.2 Å². The number of nitrogens with zero attached hydrogens (tertiary/aromatic N) is 1. The van der Waals surface area contributed by atoms with Gasteiger partial charge in [0.15, 0.2) is 29.2 Å². The van der Waals surface area contributed by atoms with E-state index in [0.29, 0.717) is 34.3 Å². The average molecular weight is 679 g/mol. The molecule has 6 rings (SSSR count). The minimum atomic E-state index is -0.769. The van der Waals surface area contributed by atoms with Crippen molar-refractivity contribution < 1.29 is 47.5 Å². The number of rotatable bonds is 11. The number of hydrogen-bond acceptors (Lipinski definition) is 12. The van der Waals surface area contributed by atoms with Crippen LogP contribution >= 0.6 is 0 Å². The quantitative estimate of drug-likeness (QED) is 0.233. The number of aryl methyl sites for hydroxylation is 1. The van der Waals surface area contributed by atoms with E-state index in [2.05, 4.69) is 4.98 Å². The van der Waals surface area contributed by atoms with Crippen LogP contribution < -0.4 is 34.9 Å². The topological polar surface area (TPSA) is 163 Å². The van der Waals surface area contributed by atoms with E-state index in [1.165, 1.54) is 46.3 Å². The summed E-state index contributed by atoms with van der Waals surface area (Å²) in [4.78, 5) is 53.3. The van der Waals surface area contributed by atoms with Crippen LogP contribution in [-0.2, 0) is 23.8 Å². The van der Waals surface area contributed by atoms with Crippen LogP contribution in [0.1, 0.15) is 46.7 Å². The number of H-pyrrole nitrogens is 1. The number of fused-ring (bicyclic) bond motifs is 2. The average Bonchev–Trinajstić information content (AvgIpc) is 3.74. The highest BCUT2D eigenvalue weighted by atomic mass is 16.6. The van der Waals surface area contributed by atoms with Crippen molar-refractivity contribution in [1.29, 1.82) is 0 Å². The van der Waals surface area contributed by atoms with Gasteiger partial charge in [-0.15, -0.1) is 0 Å². The van der Waals surface area contributed by atoms with E-state index >= 15 is 0 Å². The molecule has 1 saturated heterocycles. The zero-order chi connectivity index (χ0) is 35.0. The molecule has 1 aromatic heterocycles. The number of nitrogens with one attached hydrogen (secondary N) is 1. The molecule has 14 nitrogen and oxygen atoms in total. The minimum absolute atomic E-state index is 0.0549. The second-order valence-electron chi connectivity index (χ2n) is 12.0. The summed E-state index contributed by atoms with van der Waals surface area (Å²) in [7, 11) is 7.62. The Kier molecular flexibility index (Phi) is 9.41. The molecular weight excluding hydrogens is 640 g/mol. The Morgan fingerprint density at radius 1 is 0.878 bits per heavy atom. The van der Waals surface area contributed by atoms with Crippen molar-refractivity contribution >= 4 is 11.9 Å². The molecule has 3 aliphatic rings. The summed E-state index contributed by atoms with van der Waals surface area (Å²) in [6.07, 6.45) is 3.32. The van der Waals surface area contributed by atoms with Gasteiger partial charge in [0, 0.05) is 29.5 Å². The van der Waals surface area contributed by atoms with Crippen molar-refractivity contribution in [2.45, 2.75) is 37.5 Å². The summed E-state index contributed by atoms with van der Waals surface area (Å²) >= 11 is 0. The Hall–Kier alpha value is -5.24. The minimum Gasteiger partial charge on any atom is -0.493 e. The molecule has 0 bridgehead atoms. The highest BCUT2D eigenvalue weighted by Gasteiger charge is 2.53. The molecule has 0 spiro atoms. The molecule has 0 saturated carbocycles. The third-order valence-corrected chi connectivity index (χ3v) is 9.42. The van der Waals surface area contributed by atoms with Crippen LogP contribution in [0.2, 0.25) is 0 Å². The van der Waals surface area contributed by atoms with Gasteiger partial charge >= 0.3 is 17.6 Å². The van der Waals surface area contributed by atoms with Gasteiger partial charge in [0.2, 0.25) is 5.75 Å². The first-order chi connectivity index (χ1) is 23.6. The molecule has 1 N–H and O–H groups in total. The fourth-order valence-electron chi connectivity index (χ4n) is 7.09. The SMILES string of the molecule is COc1cc2c(cc1OC)[C@@H](CC(=O)OC[C@@H]1C=C[C@H](n3cc(C)c(=O)[nH]c3=O)O1)[C@H]1COC(=O)[C@@H]1[C@@H]2c1cc(OC)c(OC)c(OC)c1. The van der Waals surface area contributed by atoms with Crippen molar-refractivity contribution in [3.63, 3.8) is 0 Å². The van der Waals surface area contributed by atoms with Crippen molar-refractivity contribution in [3.05, 3.63) is 85.7 Å². The van der Waals surface area contributed by atoms with Gasteiger partial charge in [-0.2, -0.15) is 0 Å². The van der Waals surface area contributed by atoms with Gasteiger partial charge in [-0.05, 0) is 54.0 Å². The Labute approximate surface area is 281 Å². The van der Waals surface area contributed by atoms with Crippen molar-refractivity contribution in [3.8, 4) is 28.7 Å². The van der Waals surface area contributed by atoms with Crippen LogP contribution in [0.5, 0.6) is 28.7 Å². The Morgan fingerprint density at radius 3 is 2.16 bits per heavy atom. The normalized spacial score (nSPS) is 23.7. The number of aromatic amines is 1. The lowest BCUT2D eigenvalue weighted by Crippen LogP contribution is -2.36. The predicted octanol–water partition coefficient (Wildman–Crippen LogP) is 2.99. The van der Waals surface area contributed by atoms with Crippen molar-refractivity contribution in [2.24, 2.45) is 11.8 Å². The molecule has 1 aliphatic carbocycles. The van der Waals surface area contributed by atoms with E-state index in [-0.39, 0.29) is 31.5 Å². The van der Waals surface area contributed by atoms with E-state index in [0.717, 1.165) is 16.7 Å². The first-order valence-electron chi connectivity index (χ1n) is 15.7. The Morgan fingerprint density at radius 2 is 1.53 bits per heavy atom. The monoisotopic (exact) mass is 678 g/mol. The summed E-state index contributed by atoms with van der Waals surface area (Å²) < 4.78 is 46.6. The number of methoxy groups -OCH3 is 5. The number of carbonyl (C=O) groups excluding carboxylic acids is 2. The first kappa shape index (κ1) is 33.7. The summed E-state index contributed by atoms with van der Waals surface area (Å²) in [5, 5.41) is 0. The molecule has 49 heavy (non-hydrogen) atoms. The predicted molar refractivity (Wildman–Crippen MR) is 173 cm³/mol. The molecule has 0 radical (unpaired) electrons. The van der Waals surface area contributed by atoms with Crippen LogP contribution in [0, 0.1) is 18.8 Å². The number of benzene rings is 2. The lowest BCUT2D eigenvalue weighted by Gasteiger charge is -2.39. The van der Waals surface area contributed by atoms with Gasteiger partial charge < -0.3 is 37.9 Å². The molecule has 1 fully saturated rings. The third kappa shape index (κ3) is 6.12. The van der Waals surface area contributed by atoms with Crippen LogP contribution in [0.3, 0.4) is 0 Å². The molecule has 0 unspecified atom stereocenters. The first-order valence-corrected chi connectivity index (χ1v) is 15.7. The maximum absolute atomic E-state index is 13.5. The van der Waals surface area contributed by atoms with Gasteiger partial charge in [-0.25, -0.2) is 4.79 Å².